The summed E-state index contributed by atoms with van der Waals surface area (Å²) in [6.07, 6.45) is 1.31. The Morgan fingerprint density at radius 2 is 1.84 bits per heavy atom. The third-order valence-corrected chi connectivity index (χ3v) is 6.77. The van der Waals surface area contributed by atoms with Gasteiger partial charge in [-0.1, -0.05) is 18.2 Å². The molecule has 0 unspecified atom stereocenters. The summed E-state index contributed by atoms with van der Waals surface area (Å²) in [5.74, 6) is 3.06. The van der Waals surface area contributed by atoms with E-state index in [1.807, 2.05) is 41.1 Å². The van der Waals surface area contributed by atoms with Gasteiger partial charge >= 0.3 is 0 Å². The molecule has 0 aliphatic carbocycles. The van der Waals surface area contributed by atoms with E-state index in [0.717, 1.165) is 44.5 Å². The Morgan fingerprint density at radius 1 is 1.03 bits per heavy atom. The molecule has 8 heteroatoms. The number of hydrogen-bond donors (Lipinski definition) is 1. The van der Waals surface area contributed by atoms with E-state index >= 15 is 0 Å². The fraction of sp³-hybridized carbons (Fsp3) is 0.167. The van der Waals surface area contributed by atoms with Gasteiger partial charge in [0.25, 0.3) is 0 Å². The molecule has 2 atom stereocenters. The molecule has 2 aromatic heterocycles. The number of fused-ring (bicyclic) bond motifs is 3. The summed E-state index contributed by atoms with van der Waals surface area (Å²) in [6.45, 7) is 0. The largest absolute Gasteiger partial charge is 0.497 e. The molecule has 0 bridgehead atoms. The number of thiophene rings is 1. The molecule has 32 heavy (non-hydrogen) atoms. The van der Waals surface area contributed by atoms with Crippen molar-refractivity contribution in [2.45, 2.75) is 12.1 Å². The summed E-state index contributed by atoms with van der Waals surface area (Å²) in [4.78, 5) is 5.60. The van der Waals surface area contributed by atoms with Crippen molar-refractivity contribution < 1.29 is 14.2 Å². The first-order valence-corrected chi connectivity index (χ1v) is 11.1. The number of anilines is 1. The third-order valence-electron chi connectivity index (χ3n) is 5.85. The normalized spacial score (nSPS) is 18.7. The maximum absolute atomic E-state index is 6.60. The minimum Gasteiger partial charge on any atom is -0.497 e. The first kappa shape index (κ1) is 18.9. The lowest BCUT2D eigenvalue weighted by atomic mass is 9.86. The molecule has 0 fully saturated rings. The van der Waals surface area contributed by atoms with E-state index in [1.54, 1.807) is 31.9 Å². The minimum atomic E-state index is -0.261. The van der Waals surface area contributed by atoms with Gasteiger partial charge in [0, 0.05) is 16.0 Å². The molecular formula is C24H20N4O3S. The number of hydrogen-bond acceptors (Lipinski definition) is 7. The van der Waals surface area contributed by atoms with Crippen LogP contribution in [-0.2, 0) is 0 Å². The van der Waals surface area contributed by atoms with Gasteiger partial charge in [-0.3, -0.25) is 0 Å². The molecule has 0 amide bonds. The van der Waals surface area contributed by atoms with Crippen LogP contribution in [0.5, 0.6) is 17.2 Å². The number of methoxy groups -OCH3 is 2. The van der Waals surface area contributed by atoms with Gasteiger partial charge in [-0.15, -0.1) is 11.3 Å². The second-order valence-corrected chi connectivity index (χ2v) is 8.51. The van der Waals surface area contributed by atoms with E-state index in [1.165, 1.54) is 0 Å². The molecular weight excluding hydrogens is 424 g/mol. The standard InChI is InChI=1S/C24H20N4O3S/c1-29-15-7-5-14(6-8-15)22-20-21(27-24-25-13-26-28(22)24)17-12-16(30-2)9-10-18(17)31-23(20)19-4-3-11-32-19/h3-13,22-23H,1-2H3,(H,25,26,27)/t22-,23-/m1/s1. The molecule has 2 aliphatic rings. The lowest BCUT2D eigenvalue weighted by Crippen LogP contribution is -2.32. The molecule has 1 N–H and O–H groups in total. The highest BCUT2D eigenvalue weighted by molar-refractivity contribution is 7.10. The van der Waals surface area contributed by atoms with Crippen molar-refractivity contribution in [2.75, 3.05) is 19.5 Å². The molecule has 2 aromatic carbocycles. The molecule has 6 rings (SSSR count). The van der Waals surface area contributed by atoms with E-state index in [0.29, 0.717) is 5.95 Å². The van der Waals surface area contributed by atoms with Crippen LogP contribution in [0.3, 0.4) is 0 Å². The highest BCUT2D eigenvalue weighted by Gasteiger charge is 2.41. The SMILES string of the molecule is COc1ccc([C@@H]2C3=C(Nc4ncnn42)c2cc(OC)ccc2O[C@@H]3c2cccs2)cc1. The van der Waals surface area contributed by atoms with E-state index in [4.69, 9.17) is 14.2 Å². The van der Waals surface area contributed by atoms with Crippen molar-refractivity contribution in [3.63, 3.8) is 0 Å². The first-order chi connectivity index (χ1) is 15.8. The second kappa shape index (κ2) is 7.42. The summed E-state index contributed by atoms with van der Waals surface area (Å²) in [5.41, 5.74) is 4.07. The van der Waals surface area contributed by atoms with E-state index in [-0.39, 0.29) is 12.1 Å². The van der Waals surface area contributed by atoms with Gasteiger partial charge in [-0.05, 0) is 47.3 Å². The highest BCUT2D eigenvalue weighted by atomic mass is 32.1. The number of aromatic nitrogens is 3. The fourth-order valence-corrected chi connectivity index (χ4v) is 5.13. The average molecular weight is 445 g/mol. The van der Waals surface area contributed by atoms with Crippen LogP contribution >= 0.6 is 11.3 Å². The minimum absolute atomic E-state index is 0.193. The Morgan fingerprint density at radius 3 is 2.59 bits per heavy atom. The van der Waals surface area contributed by atoms with Crippen LogP contribution in [0.15, 0.2) is 71.9 Å². The lowest BCUT2D eigenvalue weighted by Gasteiger charge is -2.38. The predicted octanol–water partition coefficient (Wildman–Crippen LogP) is 4.92. The lowest BCUT2D eigenvalue weighted by molar-refractivity contribution is 0.226. The zero-order chi connectivity index (χ0) is 21.7. The summed E-state index contributed by atoms with van der Waals surface area (Å²) in [5, 5.41) is 10.1. The van der Waals surface area contributed by atoms with Crippen molar-refractivity contribution in [3.8, 4) is 17.2 Å². The monoisotopic (exact) mass is 444 g/mol. The Hall–Kier alpha value is -3.78. The van der Waals surface area contributed by atoms with Crippen molar-refractivity contribution >= 4 is 23.0 Å². The molecule has 0 spiro atoms. The van der Waals surface area contributed by atoms with Gasteiger partial charge in [0.15, 0.2) is 6.10 Å². The van der Waals surface area contributed by atoms with Gasteiger partial charge in [-0.25, -0.2) is 4.68 Å². The zero-order valence-electron chi connectivity index (χ0n) is 17.5. The van der Waals surface area contributed by atoms with Crippen molar-refractivity contribution in [3.05, 3.63) is 87.9 Å². The quantitative estimate of drug-likeness (QED) is 0.482. The fourth-order valence-electron chi connectivity index (χ4n) is 4.36. The molecule has 7 nitrogen and oxygen atoms in total. The highest BCUT2D eigenvalue weighted by Crippen LogP contribution is 2.51. The zero-order valence-corrected chi connectivity index (χ0v) is 18.3. The summed E-state index contributed by atoms with van der Waals surface area (Å²) >= 11 is 1.68. The van der Waals surface area contributed by atoms with Crippen LogP contribution in [0.25, 0.3) is 5.70 Å². The van der Waals surface area contributed by atoms with Crippen LogP contribution in [0.2, 0.25) is 0 Å². The van der Waals surface area contributed by atoms with Gasteiger partial charge in [0.2, 0.25) is 5.95 Å². The van der Waals surface area contributed by atoms with Crippen molar-refractivity contribution in [1.29, 1.82) is 0 Å². The Labute approximate surface area is 188 Å². The molecule has 160 valence electrons. The molecule has 4 aromatic rings. The number of rotatable bonds is 4. The summed E-state index contributed by atoms with van der Waals surface area (Å²) in [7, 11) is 3.34. The van der Waals surface area contributed by atoms with Crippen LogP contribution in [0.1, 0.15) is 28.1 Å². The number of nitrogens with zero attached hydrogens (tertiary/aromatic N) is 3. The van der Waals surface area contributed by atoms with Crippen molar-refractivity contribution in [1.82, 2.24) is 14.8 Å². The maximum Gasteiger partial charge on any atom is 0.226 e. The summed E-state index contributed by atoms with van der Waals surface area (Å²) in [6, 6.07) is 17.9. The Kier molecular flexibility index (Phi) is 4.39. The predicted molar refractivity (Wildman–Crippen MR) is 122 cm³/mol. The molecule has 4 heterocycles. The average Bonchev–Trinajstić information content (AvgIpc) is 3.54. The van der Waals surface area contributed by atoms with E-state index in [9.17, 15) is 0 Å². The first-order valence-electron chi connectivity index (χ1n) is 10.2. The topological polar surface area (TPSA) is 70.4 Å². The molecule has 0 saturated heterocycles. The number of benzene rings is 2. The van der Waals surface area contributed by atoms with Crippen LogP contribution in [0.4, 0.5) is 5.95 Å². The van der Waals surface area contributed by atoms with Crippen LogP contribution in [-0.4, -0.2) is 29.0 Å². The molecule has 2 aliphatic heterocycles. The van der Waals surface area contributed by atoms with Crippen LogP contribution < -0.4 is 19.5 Å². The van der Waals surface area contributed by atoms with Gasteiger partial charge in [0.1, 0.15) is 29.6 Å². The maximum atomic E-state index is 6.60. The Balaban J connectivity index is 1.61. The van der Waals surface area contributed by atoms with Crippen LogP contribution in [0, 0.1) is 0 Å². The van der Waals surface area contributed by atoms with E-state index < -0.39 is 0 Å². The second-order valence-electron chi connectivity index (χ2n) is 7.53. The number of nitrogens with one attached hydrogen (secondary N) is 1. The smallest absolute Gasteiger partial charge is 0.226 e. The molecule has 0 saturated carbocycles. The third kappa shape index (κ3) is 2.87. The van der Waals surface area contributed by atoms with Gasteiger partial charge < -0.3 is 19.5 Å². The number of ether oxygens (including phenoxy) is 3. The molecule has 0 radical (unpaired) electrons. The van der Waals surface area contributed by atoms with Gasteiger partial charge in [-0.2, -0.15) is 10.1 Å². The van der Waals surface area contributed by atoms with Crippen molar-refractivity contribution in [2.24, 2.45) is 0 Å². The van der Waals surface area contributed by atoms with Gasteiger partial charge in [0.05, 0.1) is 19.9 Å². The summed E-state index contributed by atoms with van der Waals surface area (Å²) < 4.78 is 19.4. The van der Waals surface area contributed by atoms with E-state index in [2.05, 4.69) is 39.0 Å². The Bertz CT molecular complexity index is 1310.